The summed E-state index contributed by atoms with van der Waals surface area (Å²) in [5.41, 5.74) is 1.10. The lowest BCUT2D eigenvalue weighted by atomic mass is 10.2. The maximum absolute atomic E-state index is 12.7. The molecule has 122 valence electrons. The fourth-order valence-corrected chi connectivity index (χ4v) is 3.69. The minimum atomic E-state index is -0.252. The fraction of sp³-hybridized carbons (Fsp3) is 0.0588. The smallest absolute Gasteiger partial charge is 0.270 e. The number of methoxy groups -OCH3 is 1. The summed E-state index contributed by atoms with van der Waals surface area (Å²) in [6, 6.07) is 11.8. The van der Waals surface area contributed by atoms with E-state index >= 15 is 0 Å². The Bertz CT molecular complexity index is 867. The molecule has 1 heterocycles. The lowest BCUT2D eigenvalue weighted by Crippen LogP contribution is -2.27. The van der Waals surface area contributed by atoms with Crippen LogP contribution in [0.4, 0.5) is 5.69 Å². The van der Waals surface area contributed by atoms with Gasteiger partial charge in [0.05, 0.1) is 17.7 Å². The van der Waals surface area contributed by atoms with Crippen LogP contribution < -0.4 is 9.64 Å². The number of phenolic OH excluding ortho intramolecular Hbond substituents is 1. The number of ether oxygens (including phenoxy) is 1. The number of nitrogens with zero attached hydrogens (tertiary/aromatic N) is 1. The minimum Gasteiger partial charge on any atom is -0.507 e. The number of carbonyl (C=O) groups excluding carboxylic acids is 1. The molecule has 1 aliphatic rings. The molecule has 4 nitrogen and oxygen atoms in total. The number of amides is 1. The van der Waals surface area contributed by atoms with Crippen LogP contribution in [0.25, 0.3) is 6.08 Å². The number of thioether (sulfide) groups is 1. The Morgan fingerprint density at radius 3 is 2.83 bits per heavy atom. The normalized spacial score (nSPS) is 16.1. The number of aromatic hydroxyl groups is 1. The van der Waals surface area contributed by atoms with E-state index in [0.29, 0.717) is 31.2 Å². The van der Waals surface area contributed by atoms with Crippen LogP contribution in [-0.2, 0) is 4.79 Å². The Morgan fingerprint density at radius 2 is 2.08 bits per heavy atom. The second-order valence-electron chi connectivity index (χ2n) is 4.92. The highest BCUT2D eigenvalue weighted by Crippen LogP contribution is 2.38. The van der Waals surface area contributed by atoms with Gasteiger partial charge in [-0.15, -0.1) is 0 Å². The standard InChI is InChI=1S/C17H12ClNO3S2/c1-22-13-4-2-3-12(9-13)19-16(21)15(24-17(19)23)8-10-7-11(18)5-6-14(10)20/h2-9,20H,1H3/b15-8+. The fourth-order valence-electron chi connectivity index (χ4n) is 2.22. The Kier molecular flexibility index (Phi) is 4.80. The SMILES string of the molecule is COc1cccc(N2C(=O)/C(=C\c3cc(Cl)ccc3O)SC2=S)c1. The minimum absolute atomic E-state index is 0.0473. The maximum atomic E-state index is 12.7. The average Bonchev–Trinajstić information content (AvgIpc) is 2.85. The van der Waals surface area contributed by atoms with E-state index in [2.05, 4.69) is 0 Å². The summed E-state index contributed by atoms with van der Waals surface area (Å²) in [6.07, 6.45) is 1.58. The van der Waals surface area contributed by atoms with Crippen LogP contribution in [-0.4, -0.2) is 22.4 Å². The van der Waals surface area contributed by atoms with Crippen LogP contribution in [0.15, 0.2) is 47.4 Å². The summed E-state index contributed by atoms with van der Waals surface area (Å²) in [7, 11) is 1.56. The molecule has 1 saturated heterocycles. The van der Waals surface area contributed by atoms with E-state index in [0.717, 1.165) is 0 Å². The zero-order valence-corrected chi connectivity index (χ0v) is 14.9. The lowest BCUT2D eigenvalue weighted by molar-refractivity contribution is -0.113. The van der Waals surface area contributed by atoms with Crippen LogP contribution in [0.1, 0.15) is 5.56 Å². The van der Waals surface area contributed by atoms with Crippen molar-refractivity contribution in [2.45, 2.75) is 0 Å². The van der Waals surface area contributed by atoms with Crippen molar-refractivity contribution in [3.63, 3.8) is 0 Å². The summed E-state index contributed by atoms with van der Waals surface area (Å²) in [5, 5.41) is 10.4. The first-order valence-corrected chi connectivity index (χ1v) is 8.50. The Balaban J connectivity index is 1.97. The first kappa shape index (κ1) is 16.8. The van der Waals surface area contributed by atoms with Gasteiger partial charge in [-0.05, 0) is 36.4 Å². The van der Waals surface area contributed by atoms with E-state index in [4.69, 9.17) is 28.6 Å². The summed E-state index contributed by atoms with van der Waals surface area (Å²) in [5.74, 6) is 0.432. The Hall–Kier alpha value is -2.02. The molecule has 0 spiro atoms. The Labute approximate surface area is 153 Å². The molecular formula is C17H12ClNO3S2. The average molecular weight is 378 g/mol. The first-order valence-electron chi connectivity index (χ1n) is 6.90. The summed E-state index contributed by atoms with van der Waals surface area (Å²) < 4.78 is 5.60. The van der Waals surface area contributed by atoms with Crippen molar-refractivity contribution in [3.8, 4) is 11.5 Å². The number of halogens is 1. The van der Waals surface area contributed by atoms with Gasteiger partial charge in [0, 0.05) is 16.7 Å². The summed E-state index contributed by atoms with van der Waals surface area (Å²) in [6.45, 7) is 0. The molecule has 1 N–H and O–H groups in total. The quantitative estimate of drug-likeness (QED) is 0.632. The van der Waals surface area contributed by atoms with Crippen molar-refractivity contribution in [2.24, 2.45) is 0 Å². The van der Waals surface area contributed by atoms with Crippen molar-refractivity contribution in [3.05, 3.63) is 58.0 Å². The van der Waals surface area contributed by atoms with Crippen molar-refractivity contribution in [1.29, 1.82) is 0 Å². The predicted molar refractivity (Wildman–Crippen MR) is 102 cm³/mol. The largest absolute Gasteiger partial charge is 0.507 e. The van der Waals surface area contributed by atoms with Gasteiger partial charge in [0.15, 0.2) is 4.32 Å². The number of carbonyl (C=O) groups is 1. The molecule has 0 bridgehead atoms. The van der Waals surface area contributed by atoms with Gasteiger partial charge in [0.2, 0.25) is 0 Å². The number of rotatable bonds is 3. The molecular weight excluding hydrogens is 366 g/mol. The molecule has 2 aromatic rings. The highest BCUT2D eigenvalue weighted by molar-refractivity contribution is 8.27. The van der Waals surface area contributed by atoms with Crippen molar-refractivity contribution in [2.75, 3.05) is 12.0 Å². The van der Waals surface area contributed by atoms with Gasteiger partial charge in [-0.1, -0.05) is 41.6 Å². The molecule has 0 atom stereocenters. The molecule has 1 fully saturated rings. The monoisotopic (exact) mass is 377 g/mol. The summed E-state index contributed by atoms with van der Waals surface area (Å²) in [4.78, 5) is 14.6. The van der Waals surface area contributed by atoms with Crippen LogP contribution in [0.5, 0.6) is 11.5 Å². The second kappa shape index (κ2) is 6.84. The molecule has 1 amide bonds. The van der Waals surface area contributed by atoms with Gasteiger partial charge >= 0.3 is 0 Å². The number of thiocarbonyl (C=S) groups is 1. The molecule has 2 aromatic carbocycles. The molecule has 0 aliphatic carbocycles. The van der Waals surface area contributed by atoms with Crippen LogP contribution in [0.3, 0.4) is 0 Å². The van der Waals surface area contributed by atoms with E-state index in [1.807, 2.05) is 0 Å². The topological polar surface area (TPSA) is 49.8 Å². The maximum Gasteiger partial charge on any atom is 0.270 e. The number of hydrogen-bond donors (Lipinski definition) is 1. The molecule has 24 heavy (non-hydrogen) atoms. The van der Waals surface area contributed by atoms with Crippen molar-refractivity contribution >= 4 is 57.6 Å². The highest BCUT2D eigenvalue weighted by atomic mass is 35.5. The van der Waals surface area contributed by atoms with E-state index in [-0.39, 0.29) is 11.7 Å². The van der Waals surface area contributed by atoms with Gasteiger partial charge in [0.25, 0.3) is 5.91 Å². The van der Waals surface area contributed by atoms with Crippen LogP contribution in [0.2, 0.25) is 5.02 Å². The van der Waals surface area contributed by atoms with E-state index in [1.165, 1.54) is 22.7 Å². The number of benzene rings is 2. The lowest BCUT2D eigenvalue weighted by Gasteiger charge is -2.15. The molecule has 0 saturated carbocycles. The van der Waals surface area contributed by atoms with Crippen LogP contribution >= 0.6 is 35.6 Å². The van der Waals surface area contributed by atoms with Crippen molar-refractivity contribution < 1.29 is 14.6 Å². The molecule has 0 aromatic heterocycles. The first-order chi connectivity index (χ1) is 11.5. The molecule has 0 unspecified atom stereocenters. The van der Waals surface area contributed by atoms with E-state index in [1.54, 1.807) is 49.6 Å². The highest BCUT2D eigenvalue weighted by Gasteiger charge is 2.33. The van der Waals surface area contributed by atoms with E-state index < -0.39 is 0 Å². The molecule has 7 heteroatoms. The van der Waals surface area contributed by atoms with Gasteiger partial charge in [-0.2, -0.15) is 0 Å². The number of phenols is 1. The Morgan fingerprint density at radius 1 is 1.29 bits per heavy atom. The zero-order chi connectivity index (χ0) is 17.3. The van der Waals surface area contributed by atoms with Gasteiger partial charge in [-0.3, -0.25) is 9.69 Å². The van der Waals surface area contributed by atoms with Gasteiger partial charge in [-0.25, -0.2) is 0 Å². The van der Waals surface area contributed by atoms with Gasteiger partial charge < -0.3 is 9.84 Å². The third kappa shape index (κ3) is 3.26. The van der Waals surface area contributed by atoms with E-state index in [9.17, 15) is 9.90 Å². The summed E-state index contributed by atoms with van der Waals surface area (Å²) >= 11 is 12.4. The number of hydrogen-bond acceptors (Lipinski definition) is 5. The van der Waals surface area contributed by atoms with Crippen LogP contribution in [0, 0.1) is 0 Å². The zero-order valence-electron chi connectivity index (χ0n) is 12.5. The third-order valence-electron chi connectivity index (χ3n) is 3.38. The second-order valence-corrected chi connectivity index (χ2v) is 7.03. The molecule has 0 radical (unpaired) electrons. The predicted octanol–water partition coefficient (Wildman–Crippen LogP) is 4.46. The van der Waals surface area contributed by atoms with Crippen molar-refractivity contribution in [1.82, 2.24) is 0 Å². The number of anilines is 1. The van der Waals surface area contributed by atoms with Gasteiger partial charge in [0.1, 0.15) is 11.5 Å². The molecule has 3 rings (SSSR count). The molecule has 1 aliphatic heterocycles. The third-order valence-corrected chi connectivity index (χ3v) is 4.92.